The van der Waals surface area contributed by atoms with Crippen molar-refractivity contribution in [3.8, 4) is 0 Å². The van der Waals surface area contributed by atoms with Crippen molar-refractivity contribution in [1.82, 2.24) is 4.90 Å². The summed E-state index contributed by atoms with van der Waals surface area (Å²) in [4.78, 5) is 47.7. The fourth-order valence-corrected chi connectivity index (χ4v) is 3.60. The number of hydrogen-bond acceptors (Lipinski definition) is 7. The number of rotatable bonds is 5. The zero-order valence-corrected chi connectivity index (χ0v) is 14.5. The van der Waals surface area contributed by atoms with E-state index in [0.29, 0.717) is 5.56 Å². The summed E-state index contributed by atoms with van der Waals surface area (Å²) >= 11 is 0. The summed E-state index contributed by atoms with van der Waals surface area (Å²) in [6, 6.07) is 2.29. The van der Waals surface area contributed by atoms with Crippen LogP contribution in [0.3, 0.4) is 0 Å². The highest BCUT2D eigenvalue weighted by molar-refractivity contribution is 6.15. The number of ether oxygens (including phenoxy) is 1. The van der Waals surface area contributed by atoms with E-state index < -0.39 is 52.4 Å². The highest BCUT2D eigenvalue weighted by atomic mass is 19.1. The molecule has 1 amide bonds. The van der Waals surface area contributed by atoms with Crippen molar-refractivity contribution in [1.29, 1.82) is 0 Å². The molecular weight excluding hydrogens is 363 g/mol. The third-order valence-corrected chi connectivity index (χ3v) is 5.01. The number of benzene rings is 1. The van der Waals surface area contributed by atoms with E-state index in [1.165, 1.54) is 31.2 Å². The number of esters is 1. The number of β-lactam (4-membered cyclic amide) rings is 1. The third kappa shape index (κ3) is 2.85. The van der Waals surface area contributed by atoms with E-state index >= 15 is 0 Å². The summed E-state index contributed by atoms with van der Waals surface area (Å²) in [7, 11) is 0. The number of nitrogens with zero attached hydrogens (tertiary/aromatic N) is 2. The van der Waals surface area contributed by atoms with Crippen molar-refractivity contribution >= 4 is 23.3 Å². The normalized spacial score (nSPS) is 30.5. The van der Waals surface area contributed by atoms with Crippen LogP contribution in [0.5, 0.6) is 0 Å². The smallest absolute Gasteiger partial charge is 0.337 e. The number of halogens is 1. The van der Waals surface area contributed by atoms with Crippen LogP contribution in [0.2, 0.25) is 0 Å². The molecule has 2 heterocycles. The van der Waals surface area contributed by atoms with Crippen molar-refractivity contribution in [3.05, 3.63) is 39.9 Å². The lowest BCUT2D eigenvalue weighted by atomic mass is 9.78. The average Bonchev–Trinajstić information content (AvgIpc) is 2.77. The maximum Gasteiger partial charge on any atom is 0.337 e. The fraction of sp³-hybridized carbons (Fsp3) is 0.471. The number of ketones is 1. The summed E-state index contributed by atoms with van der Waals surface area (Å²) in [6.45, 7) is 2.01. The van der Waals surface area contributed by atoms with Crippen LogP contribution in [0.15, 0.2) is 24.3 Å². The van der Waals surface area contributed by atoms with Crippen LogP contribution >= 0.6 is 0 Å². The van der Waals surface area contributed by atoms with E-state index in [-0.39, 0.29) is 12.3 Å². The van der Waals surface area contributed by atoms with Gasteiger partial charge in [-0.1, -0.05) is 0 Å². The number of fused-ring (bicyclic) bond motifs is 1. The number of amides is 1. The molecule has 10 heteroatoms. The van der Waals surface area contributed by atoms with Gasteiger partial charge in [0.25, 0.3) is 5.69 Å². The number of Topliss-reactive ketones (excluding diaryl/α,β-unsaturated/α-hetero) is 1. The third-order valence-electron chi connectivity index (χ3n) is 5.01. The van der Waals surface area contributed by atoms with Crippen molar-refractivity contribution in [2.75, 3.05) is 0 Å². The van der Waals surface area contributed by atoms with Crippen LogP contribution in [0.25, 0.3) is 0 Å². The fourth-order valence-electron chi connectivity index (χ4n) is 3.60. The Bertz CT molecular complexity index is 821. The number of carbonyl (C=O) groups is 3. The Kier molecular flexibility index (Phi) is 4.46. The zero-order valence-electron chi connectivity index (χ0n) is 14.5. The van der Waals surface area contributed by atoms with Crippen LogP contribution < -0.4 is 0 Å². The highest BCUT2D eigenvalue weighted by Crippen LogP contribution is 2.47. The van der Waals surface area contributed by atoms with E-state index in [9.17, 15) is 34.0 Å². The molecule has 1 aromatic rings. The van der Waals surface area contributed by atoms with E-state index in [0.717, 1.165) is 11.8 Å². The van der Waals surface area contributed by atoms with Gasteiger partial charge in [-0.05, 0) is 31.5 Å². The van der Waals surface area contributed by atoms with E-state index in [2.05, 4.69) is 0 Å². The Morgan fingerprint density at radius 3 is 2.52 bits per heavy atom. The predicted octanol–water partition coefficient (Wildman–Crippen LogP) is 0.525. The molecule has 3 rings (SSSR count). The van der Waals surface area contributed by atoms with Gasteiger partial charge in [-0.3, -0.25) is 19.7 Å². The molecule has 9 nitrogen and oxygen atoms in total. The summed E-state index contributed by atoms with van der Waals surface area (Å²) in [5.41, 5.74) is -2.18. The second-order valence-electron chi connectivity index (χ2n) is 6.83. The monoisotopic (exact) mass is 380 g/mol. The topological polar surface area (TPSA) is 127 Å². The molecule has 2 fully saturated rings. The minimum atomic E-state index is -2.47. The van der Waals surface area contributed by atoms with Crippen LogP contribution in [0.1, 0.15) is 19.4 Å². The number of non-ortho nitro benzene ring substituents is 1. The van der Waals surface area contributed by atoms with E-state index in [4.69, 9.17) is 4.74 Å². The Morgan fingerprint density at radius 1 is 1.41 bits per heavy atom. The second-order valence-corrected chi connectivity index (χ2v) is 6.83. The van der Waals surface area contributed by atoms with Gasteiger partial charge in [0.2, 0.25) is 11.7 Å². The molecule has 0 aliphatic carbocycles. The molecule has 27 heavy (non-hydrogen) atoms. The molecule has 0 saturated carbocycles. The molecular formula is C17H17FN2O7. The van der Waals surface area contributed by atoms with Crippen molar-refractivity contribution in [3.63, 3.8) is 0 Å². The SMILES string of the molecule is C[C@@H](O)[C@H]1C(=O)N2[C@@H](C(=O)OCc3ccc([N+](=O)[O-])cc3)C(=O)[C@@](C)(F)[C@H]12. The lowest BCUT2D eigenvalue weighted by Gasteiger charge is -2.47. The van der Waals surface area contributed by atoms with Crippen molar-refractivity contribution in [2.24, 2.45) is 5.92 Å². The number of alkyl halides is 1. The van der Waals surface area contributed by atoms with Crippen LogP contribution in [0.4, 0.5) is 10.1 Å². The largest absolute Gasteiger partial charge is 0.459 e. The molecule has 0 unspecified atom stereocenters. The maximum absolute atomic E-state index is 14.9. The molecule has 1 N–H and O–H groups in total. The number of aliphatic hydroxyl groups excluding tert-OH is 1. The van der Waals surface area contributed by atoms with Crippen LogP contribution in [0, 0.1) is 16.0 Å². The van der Waals surface area contributed by atoms with E-state index in [1.807, 2.05) is 0 Å². The second kappa shape index (κ2) is 6.38. The molecule has 2 aliphatic rings. The van der Waals surface area contributed by atoms with Gasteiger partial charge in [0.1, 0.15) is 6.61 Å². The van der Waals surface area contributed by atoms with Gasteiger partial charge < -0.3 is 14.7 Å². The van der Waals surface area contributed by atoms with Gasteiger partial charge in [0.05, 0.1) is 23.0 Å². The van der Waals surface area contributed by atoms with Crippen LogP contribution in [-0.4, -0.2) is 56.4 Å². The lowest BCUT2D eigenvalue weighted by Crippen LogP contribution is -2.68. The van der Waals surface area contributed by atoms with Gasteiger partial charge >= 0.3 is 5.97 Å². The van der Waals surface area contributed by atoms with Crippen molar-refractivity contribution in [2.45, 2.75) is 44.3 Å². The van der Waals surface area contributed by atoms with E-state index in [1.54, 1.807) is 0 Å². The predicted molar refractivity (Wildman–Crippen MR) is 87.0 cm³/mol. The molecule has 0 radical (unpaired) electrons. The van der Waals surface area contributed by atoms with Gasteiger partial charge in [-0.15, -0.1) is 0 Å². The van der Waals surface area contributed by atoms with Crippen LogP contribution in [-0.2, 0) is 25.7 Å². The number of nitro benzene ring substituents is 1. The molecule has 0 bridgehead atoms. The Labute approximate surface area is 152 Å². The Balaban J connectivity index is 1.72. The lowest BCUT2D eigenvalue weighted by molar-refractivity contribution is -0.384. The quantitative estimate of drug-likeness (QED) is 0.259. The maximum atomic E-state index is 14.9. The average molecular weight is 380 g/mol. The van der Waals surface area contributed by atoms with Gasteiger partial charge in [-0.2, -0.15) is 0 Å². The van der Waals surface area contributed by atoms with Gasteiger partial charge in [-0.25, -0.2) is 9.18 Å². The minimum absolute atomic E-state index is 0.137. The first-order chi connectivity index (χ1) is 12.6. The van der Waals surface area contributed by atoms with Crippen molar-refractivity contribution < 1.29 is 33.5 Å². The number of carbonyl (C=O) groups excluding carboxylic acids is 3. The summed E-state index contributed by atoms with van der Waals surface area (Å²) in [6.07, 6.45) is -1.16. The molecule has 1 aromatic carbocycles. The molecule has 0 aromatic heterocycles. The Morgan fingerprint density at radius 2 is 2.00 bits per heavy atom. The minimum Gasteiger partial charge on any atom is -0.459 e. The van der Waals surface area contributed by atoms with Gasteiger partial charge in [0.15, 0.2) is 11.7 Å². The number of aliphatic hydroxyl groups is 1. The number of hydrogen-bond donors (Lipinski definition) is 1. The highest BCUT2D eigenvalue weighted by Gasteiger charge is 2.72. The standard InChI is InChI=1S/C17H17FN2O7/c1-8(21)11-13-17(2,18)14(22)12(19(13)15(11)23)16(24)27-7-9-3-5-10(6-4-9)20(25)26/h3-6,8,11-13,21H,7H2,1-2H3/t8-,11-,12-,13+,17+/m1/s1. The molecule has 2 aliphatic heterocycles. The van der Waals surface area contributed by atoms with Gasteiger partial charge in [0, 0.05) is 12.1 Å². The zero-order chi connectivity index (χ0) is 20.1. The summed E-state index contributed by atoms with van der Waals surface area (Å²) in [5.74, 6) is -3.93. The molecule has 0 spiro atoms. The Hall–Kier alpha value is -2.88. The first-order valence-electron chi connectivity index (χ1n) is 8.20. The summed E-state index contributed by atoms with van der Waals surface area (Å²) < 4.78 is 19.9. The molecule has 2 saturated heterocycles. The molecule has 144 valence electrons. The first kappa shape index (κ1) is 18.9. The molecule has 5 atom stereocenters. The first-order valence-corrected chi connectivity index (χ1v) is 8.20. The summed E-state index contributed by atoms with van der Waals surface area (Å²) in [5, 5.41) is 20.3. The number of nitro groups is 1.